The number of nitriles is 1. The number of pyridine rings is 1. The molecule has 0 saturated carbocycles. The maximum absolute atomic E-state index is 12.5. The Hall–Kier alpha value is -2.35. The van der Waals surface area contributed by atoms with Gasteiger partial charge in [0.15, 0.2) is 0 Å². The highest BCUT2D eigenvalue weighted by Crippen LogP contribution is 2.39. The van der Waals surface area contributed by atoms with Gasteiger partial charge in [-0.15, -0.1) is 0 Å². The Balaban J connectivity index is 1.83. The minimum absolute atomic E-state index is 0.0875. The van der Waals surface area contributed by atoms with Crippen molar-refractivity contribution in [3.05, 3.63) is 35.2 Å². The summed E-state index contributed by atoms with van der Waals surface area (Å²) in [7, 11) is 0. The third-order valence-electron chi connectivity index (χ3n) is 4.55. The number of aromatic nitrogens is 1. The van der Waals surface area contributed by atoms with Crippen LogP contribution in [0.4, 0.5) is 4.79 Å². The van der Waals surface area contributed by atoms with Gasteiger partial charge < -0.3 is 4.74 Å². The number of aryl methyl sites for hydroxylation is 1. The summed E-state index contributed by atoms with van der Waals surface area (Å²) in [5, 5.41) is 9.02. The van der Waals surface area contributed by atoms with Gasteiger partial charge in [0.2, 0.25) is 0 Å². The number of carbonyl (C=O) groups excluding carboxylic acids is 1. The van der Waals surface area contributed by atoms with E-state index in [1.165, 1.54) is 5.57 Å². The minimum Gasteiger partial charge on any atom is -0.444 e. The highest BCUT2D eigenvalue weighted by atomic mass is 16.6. The average molecular weight is 325 g/mol. The quantitative estimate of drug-likeness (QED) is 0.787. The Morgan fingerprint density at radius 2 is 2.17 bits per heavy atom. The Kier molecular flexibility index (Phi) is 4.08. The van der Waals surface area contributed by atoms with Gasteiger partial charge in [0.1, 0.15) is 17.4 Å². The number of carbonyl (C=O) groups is 1. The van der Waals surface area contributed by atoms with Crippen LogP contribution in [0.25, 0.3) is 5.57 Å². The van der Waals surface area contributed by atoms with Crippen LogP contribution in [-0.4, -0.2) is 33.7 Å². The fraction of sp³-hybridized carbons (Fsp3) is 0.526. The van der Waals surface area contributed by atoms with E-state index in [-0.39, 0.29) is 18.2 Å². The van der Waals surface area contributed by atoms with Crippen molar-refractivity contribution in [2.45, 2.75) is 64.6 Å². The largest absolute Gasteiger partial charge is 0.444 e. The van der Waals surface area contributed by atoms with Crippen LogP contribution in [0.3, 0.4) is 0 Å². The second-order valence-corrected chi connectivity index (χ2v) is 7.58. The standard InChI is InChI=1S/C19H23N3O2/c1-12-7-14(11-21-17(12)10-20)13-8-15-5-6-16(9-13)22(15)18(23)24-19(2,3)4/h7-8,11,15-16H,5-6,9H2,1-4H3. The first kappa shape index (κ1) is 16.5. The molecular weight excluding hydrogens is 302 g/mol. The van der Waals surface area contributed by atoms with Crippen molar-refractivity contribution in [1.82, 2.24) is 9.88 Å². The summed E-state index contributed by atoms with van der Waals surface area (Å²) in [6.45, 7) is 7.58. The van der Waals surface area contributed by atoms with Gasteiger partial charge in [-0.1, -0.05) is 6.08 Å². The molecule has 2 unspecified atom stereocenters. The van der Waals surface area contributed by atoms with Crippen LogP contribution in [-0.2, 0) is 4.74 Å². The van der Waals surface area contributed by atoms with E-state index in [0.717, 1.165) is 30.4 Å². The Bertz CT molecular complexity index is 740. The fourth-order valence-electron chi connectivity index (χ4n) is 3.51. The van der Waals surface area contributed by atoms with Gasteiger partial charge in [-0.2, -0.15) is 5.26 Å². The molecule has 0 N–H and O–H groups in total. The van der Waals surface area contributed by atoms with Crippen LogP contribution in [0, 0.1) is 18.3 Å². The SMILES string of the molecule is Cc1cc(C2=CC3CCC(C2)N3C(=O)OC(C)(C)C)cnc1C#N. The smallest absolute Gasteiger partial charge is 0.411 e. The topological polar surface area (TPSA) is 66.2 Å². The lowest BCUT2D eigenvalue weighted by molar-refractivity contribution is 0.0175. The minimum atomic E-state index is -0.478. The summed E-state index contributed by atoms with van der Waals surface area (Å²) in [4.78, 5) is 18.6. The lowest BCUT2D eigenvalue weighted by Crippen LogP contribution is -2.45. The Morgan fingerprint density at radius 3 is 2.75 bits per heavy atom. The molecule has 5 nitrogen and oxygen atoms in total. The first-order chi connectivity index (χ1) is 11.3. The first-order valence-electron chi connectivity index (χ1n) is 8.37. The number of rotatable bonds is 1. The number of ether oxygens (including phenoxy) is 1. The molecular formula is C19H23N3O2. The average Bonchev–Trinajstić information content (AvgIpc) is 2.76. The number of hydrogen-bond donors (Lipinski definition) is 0. The summed E-state index contributed by atoms with van der Waals surface area (Å²) in [5.74, 6) is 0. The Labute approximate surface area is 142 Å². The number of nitrogens with zero attached hydrogens (tertiary/aromatic N) is 3. The van der Waals surface area contributed by atoms with E-state index in [9.17, 15) is 4.79 Å². The fourth-order valence-corrected chi connectivity index (χ4v) is 3.51. The monoisotopic (exact) mass is 325 g/mol. The molecule has 3 heterocycles. The summed E-state index contributed by atoms with van der Waals surface area (Å²) >= 11 is 0. The molecule has 2 atom stereocenters. The third kappa shape index (κ3) is 3.14. The zero-order valence-corrected chi connectivity index (χ0v) is 14.7. The van der Waals surface area contributed by atoms with Crippen LogP contribution in [0.2, 0.25) is 0 Å². The Morgan fingerprint density at radius 1 is 1.42 bits per heavy atom. The molecule has 1 saturated heterocycles. The molecule has 1 aromatic rings. The van der Waals surface area contributed by atoms with E-state index in [0.29, 0.717) is 5.69 Å². The van der Waals surface area contributed by atoms with Crippen LogP contribution in [0.5, 0.6) is 0 Å². The van der Waals surface area contributed by atoms with E-state index >= 15 is 0 Å². The van der Waals surface area contributed by atoms with Crippen molar-refractivity contribution in [2.75, 3.05) is 0 Å². The second kappa shape index (κ2) is 5.94. The van der Waals surface area contributed by atoms with Gasteiger partial charge in [0.25, 0.3) is 0 Å². The third-order valence-corrected chi connectivity index (χ3v) is 4.55. The lowest BCUT2D eigenvalue weighted by Gasteiger charge is -2.35. The van der Waals surface area contributed by atoms with E-state index in [4.69, 9.17) is 10.00 Å². The molecule has 2 bridgehead atoms. The molecule has 0 aromatic carbocycles. The van der Waals surface area contributed by atoms with Crippen LogP contribution < -0.4 is 0 Å². The highest BCUT2D eigenvalue weighted by Gasteiger charge is 2.41. The van der Waals surface area contributed by atoms with Crippen molar-refractivity contribution in [1.29, 1.82) is 5.26 Å². The van der Waals surface area contributed by atoms with Crippen molar-refractivity contribution in [2.24, 2.45) is 0 Å². The predicted molar refractivity (Wildman–Crippen MR) is 91.2 cm³/mol. The molecule has 2 aliphatic heterocycles. The van der Waals surface area contributed by atoms with Gasteiger partial charge in [-0.3, -0.25) is 4.90 Å². The molecule has 0 spiro atoms. The second-order valence-electron chi connectivity index (χ2n) is 7.58. The molecule has 1 fully saturated rings. The summed E-state index contributed by atoms with van der Waals surface area (Å²) in [6, 6.07) is 4.38. The molecule has 126 valence electrons. The van der Waals surface area contributed by atoms with E-state index in [2.05, 4.69) is 17.1 Å². The number of fused-ring (bicyclic) bond motifs is 2. The summed E-state index contributed by atoms with van der Waals surface area (Å²) < 4.78 is 5.56. The van der Waals surface area contributed by atoms with Crippen molar-refractivity contribution >= 4 is 11.7 Å². The molecule has 0 aliphatic carbocycles. The summed E-state index contributed by atoms with van der Waals surface area (Å²) in [6.07, 6.45) is 6.47. The molecule has 24 heavy (non-hydrogen) atoms. The van der Waals surface area contributed by atoms with E-state index in [1.54, 1.807) is 6.20 Å². The molecule has 1 aromatic heterocycles. The zero-order chi connectivity index (χ0) is 17.5. The lowest BCUT2D eigenvalue weighted by atomic mass is 9.95. The number of hydrogen-bond acceptors (Lipinski definition) is 4. The normalized spacial score (nSPS) is 22.8. The molecule has 5 heteroatoms. The van der Waals surface area contributed by atoms with Gasteiger partial charge in [0.05, 0.1) is 6.04 Å². The van der Waals surface area contributed by atoms with Crippen LogP contribution in [0.1, 0.15) is 56.9 Å². The molecule has 3 rings (SSSR count). The maximum Gasteiger partial charge on any atom is 0.411 e. The van der Waals surface area contributed by atoms with E-state index < -0.39 is 5.60 Å². The first-order valence-corrected chi connectivity index (χ1v) is 8.37. The maximum atomic E-state index is 12.5. The number of amides is 1. The molecule has 1 amide bonds. The predicted octanol–water partition coefficient (Wildman–Crippen LogP) is 3.82. The molecule has 0 radical (unpaired) electrons. The van der Waals surface area contributed by atoms with Crippen molar-refractivity contribution in [3.8, 4) is 6.07 Å². The summed E-state index contributed by atoms with van der Waals surface area (Å²) in [5.41, 5.74) is 3.13. The van der Waals surface area contributed by atoms with Gasteiger partial charge >= 0.3 is 6.09 Å². The van der Waals surface area contributed by atoms with E-state index in [1.807, 2.05) is 38.7 Å². The van der Waals surface area contributed by atoms with Crippen LogP contribution >= 0.6 is 0 Å². The molecule has 2 aliphatic rings. The highest BCUT2D eigenvalue weighted by molar-refractivity contribution is 5.75. The van der Waals surface area contributed by atoms with Gasteiger partial charge in [0, 0.05) is 12.2 Å². The zero-order valence-electron chi connectivity index (χ0n) is 14.7. The van der Waals surface area contributed by atoms with Crippen molar-refractivity contribution in [3.63, 3.8) is 0 Å². The van der Waals surface area contributed by atoms with Gasteiger partial charge in [-0.05, 0) is 69.7 Å². The van der Waals surface area contributed by atoms with Crippen LogP contribution in [0.15, 0.2) is 18.3 Å². The van der Waals surface area contributed by atoms with Gasteiger partial charge in [-0.25, -0.2) is 9.78 Å². The van der Waals surface area contributed by atoms with Crippen molar-refractivity contribution < 1.29 is 9.53 Å².